The topological polar surface area (TPSA) is 84.5 Å². The van der Waals surface area contributed by atoms with Crippen LogP contribution in [0.4, 0.5) is 0 Å². The van der Waals surface area contributed by atoms with Gasteiger partial charge in [0.05, 0.1) is 29.1 Å². The minimum Gasteiger partial charge on any atom is -0.495 e. The van der Waals surface area contributed by atoms with Crippen molar-refractivity contribution in [2.45, 2.75) is 23.9 Å². The second-order valence-electron chi connectivity index (χ2n) is 6.90. The Morgan fingerprint density at radius 2 is 1.48 bits per heavy atom. The van der Waals surface area contributed by atoms with Crippen LogP contribution in [-0.4, -0.2) is 27.5 Å². The van der Waals surface area contributed by atoms with Crippen LogP contribution >= 0.6 is 11.6 Å². The molecule has 0 unspecified atom stereocenters. The Morgan fingerprint density at radius 3 is 1.97 bits per heavy atom. The molecule has 0 saturated heterocycles. The van der Waals surface area contributed by atoms with Crippen LogP contribution in [0.15, 0.2) is 83.8 Å². The maximum atomic E-state index is 12.9. The van der Waals surface area contributed by atoms with E-state index < -0.39 is 28.0 Å². The van der Waals surface area contributed by atoms with E-state index in [0.29, 0.717) is 5.75 Å². The molecule has 8 heteroatoms. The second-order valence-corrected chi connectivity index (χ2v) is 9.02. The summed E-state index contributed by atoms with van der Waals surface area (Å²) in [6, 6.07) is 21.6. The number of sulfonamides is 1. The van der Waals surface area contributed by atoms with Gasteiger partial charge in [0.2, 0.25) is 15.9 Å². The van der Waals surface area contributed by atoms with Crippen molar-refractivity contribution in [3.8, 4) is 5.75 Å². The molecule has 0 spiro atoms. The molecular formula is C23H23ClN2O4S. The molecule has 0 aliphatic heterocycles. The molecule has 0 aliphatic rings. The van der Waals surface area contributed by atoms with Crippen LogP contribution in [0.2, 0.25) is 5.02 Å². The second kappa shape index (κ2) is 9.96. The zero-order valence-corrected chi connectivity index (χ0v) is 18.7. The first-order chi connectivity index (χ1) is 14.8. The summed E-state index contributed by atoms with van der Waals surface area (Å²) in [5.41, 5.74) is 1.78. The number of rotatable bonds is 8. The van der Waals surface area contributed by atoms with Crippen LogP contribution in [0.3, 0.4) is 0 Å². The molecule has 3 rings (SSSR count). The summed E-state index contributed by atoms with van der Waals surface area (Å²) in [6.45, 7) is 1.49. The quantitative estimate of drug-likeness (QED) is 0.535. The monoisotopic (exact) mass is 458 g/mol. The van der Waals surface area contributed by atoms with Crippen LogP contribution < -0.4 is 14.8 Å². The first kappa shape index (κ1) is 22.8. The van der Waals surface area contributed by atoms with Crippen molar-refractivity contribution in [1.29, 1.82) is 0 Å². The third kappa shape index (κ3) is 5.64. The zero-order chi connectivity index (χ0) is 22.4. The van der Waals surface area contributed by atoms with E-state index in [2.05, 4.69) is 10.0 Å². The number of ether oxygens (including phenoxy) is 1. The van der Waals surface area contributed by atoms with Gasteiger partial charge in [-0.05, 0) is 36.2 Å². The van der Waals surface area contributed by atoms with Crippen molar-refractivity contribution in [3.63, 3.8) is 0 Å². The van der Waals surface area contributed by atoms with Gasteiger partial charge >= 0.3 is 0 Å². The highest BCUT2D eigenvalue weighted by molar-refractivity contribution is 7.89. The molecule has 0 radical (unpaired) electrons. The Morgan fingerprint density at radius 1 is 0.935 bits per heavy atom. The van der Waals surface area contributed by atoms with Gasteiger partial charge in [0.15, 0.2) is 0 Å². The summed E-state index contributed by atoms with van der Waals surface area (Å²) < 4.78 is 32.9. The van der Waals surface area contributed by atoms with E-state index in [1.807, 2.05) is 60.7 Å². The molecule has 0 heterocycles. The van der Waals surface area contributed by atoms with Crippen LogP contribution in [0.5, 0.6) is 5.75 Å². The number of benzene rings is 3. The Balaban J connectivity index is 1.78. The van der Waals surface area contributed by atoms with E-state index in [1.165, 1.54) is 32.2 Å². The number of halogens is 1. The van der Waals surface area contributed by atoms with Crippen molar-refractivity contribution >= 4 is 27.5 Å². The fourth-order valence-electron chi connectivity index (χ4n) is 3.09. The van der Waals surface area contributed by atoms with E-state index in [0.717, 1.165) is 11.1 Å². The molecule has 3 aromatic carbocycles. The number of carbonyl (C=O) groups excluding carboxylic acids is 1. The molecule has 0 aromatic heterocycles. The Bertz CT molecular complexity index is 1100. The number of carbonyl (C=O) groups is 1. The lowest BCUT2D eigenvalue weighted by molar-refractivity contribution is -0.122. The third-order valence-electron chi connectivity index (χ3n) is 4.71. The summed E-state index contributed by atoms with van der Waals surface area (Å²) in [5.74, 6) is -0.0964. The smallest absolute Gasteiger partial charge is 0.241 e. The fraction of sp³-hybridized carbons (Fsp3) is 0.174. The highest BCUT2D eigenvalue weighted by Crippen LogP contribution is 2.27. The number of nitrogens with one attached hydrogen (secondary N) is 2. The molecule has 2 N–H and O–H groups in total. The van der Waals surface area contributed by atoms with Gasteiger partial charge < -0.3 is 10.1 Å². The molecule has 0 bridgehead atoms. The molecular weight excluding hydrogens is 436 g/mol. The molecule has 6 nitrogen and oxygen atoms in total. The first-order valence-electron chi connectivity index (χ1n) is 9.58. The van der Waals surface area contributed by atoms with E-state index in [4.69, 9.17) is 16.3 Å². The van der Waals surface area contributed by atoms with Crippen molar-refractivity contribution < 1.29 is 17.9 Å². The number of amides is 1. The van der Waals surface area contributed by atoms with E-state index >= 15 is 0 Å². The largest absolute Gasteiger partial charge is 0.495 e. The van der Waals surface area contributed by atoms with E-state index in [-0.39, 0.29) is 9.92 Å². The highest BCUT2D eigenvalue weighted by Gasteiger charge is 2.25. The normalized spacial score (nSPS) is 12.4. The predicted molar refractivity (Wildman–Crippen MR) is 121 cm³/mol. The predicted octanol–water partition coefficient (Wildman–Crippen LogP) is 3.92. The van der Waals surface area contributed by atoms with Crippen LogP contribution in [0.1, 0.15) is 24.1 Å². The van der Waals surface area contributed by atoms with Crippen molar-refractivity contribution in [1.82, 2.24) is 10.0 Å². The van der Waals surface area contributed by atoms with Gasteiger partial charge in [-0.2, -0.15) is 4.72 Å². The van der Waals surface area contributed by atoms with Gasteiger partial charge in [-0.25, -0.2) is 8.42 Å². The summed E-state index contributed by atoms with van der Waals surface area (Å²) in [7, 11) is -2.53. The fourth-order valence-corrected chi connectivity index (χ4v) is 4.64. The van der Waals surface area contributed by atoms with Crippen molar-refractivity contribution in [2.75, 3.05) is 7.11 Å². The van der Waals surface area contributed by atoms with Crippen LogP contribution in [0.25, 0.3) is 0 Å². The lowest BCUT2D eigenvalue weighted by Crippen LogP contribution is -2.46. The molecule has 1 amide bonds. The van der Waals surface area contributed by atoms with Crippen LogP contribution in [-0.2, 0) is 14.8 Å². The standard InChI is InChI=1S/C23H23ClN2O4S/c1-16(26-31(28,29)19-13-14-21(30-2)20(24)15-19)23(27)25-22(17-9-5-3-6-10-17)18-11-7-4-8-12-18/h3-16,22,26H,1-2H3,(H,25,27)/t16-/m1/s1. The molecule has 31 heavy (non-hydrogen) atoms. The van der Waals surface area contributed by atoms with Gasteiger partial charge in [0, 0.05) is 0 Å². The van der Waals surface area contributed by atoms with E-state index in [1.54, 1.807) is 0 Å². The number of hydrogen-bond donors (Lipinski definition) is 2. The maximum absolute atomic E-state index is 12.9. The molecule has 3 aromatic rings. The number of hydrogen-bond acceptors (Lipinski definition) is 4. The summed E-state index contributed by atoms with van der Waals surface area (Å²) >= 11 is 6.04. The summed E-state index contributed by atoms with van der Waals surface area (Å²) in [5, 5.41) is 3.10. The highest BCUT2D eigenvalue weighted by atomic mass is 35.5. The Kier molecular flexibility index (Phi) is 7.33. The van der Waals surface area contributed by atoms with Gasteiger partial charge in [-0.1, -0.05) is 72.3 Å². The molecule has 162 valence electrons. The summed E-state index contributed by atoms with van der Waals surface area (Å²) in [6.07, 6.45) is 0. The third-order valence-corrected chi connectivity index (χ3v) is 6.54. The van der Waals surface area contributed by atoms with E-state index in [9.17, 15) is 13.2 Å². The average molecular weight is 459 g/mol. The van der Waals surface area contributed by atoms with Crippen molar-refractivity contribution in [3.05, 3.63) is 95.0 Å². The van der Waals surface area contributed by atoms with Gasteiger partial charge in [0.25, 0.3) is 0 Å². The van der Waals surface area contributed by atoms with Gasteiger partial charge in [-0.15, -0.1) is 0 Å². The van der Waals surface area contributed by atoms with Gasteiger partial charge in [-0.3, -0.25) is 4.79 Å². The first-order valence-corrected chi connectivity index (χ1v) is 11.4. The Labute approximate surface area is 187 Å². The average Bonchev–Trinajstić information content (AvgIpc) is 2.78. The lowest BCUT2D eigenvalue weighted by atomic mass is 9.98. The van der Waals surface area contributed by atoms with Crippen molar-refractivity contribution in [2.24, 2.45) is 0 Å². The summed E-state index contributed by atoms with van der Waals surface area (Å²) in [4.78, 5) is 12.8. The molecule has 0 aliphatic carbocycles. The molecule has 0 fully saturated rings. The Hall–Kier alpha value is -2.87. The molecule has 1 atom stereocenters. The SMILES string of the molecule is COc1ccc(S(=O)(=O)N[C@H](C)C(=O)NC(c2ccccc2)c2ccccc2)cc1Cl. The zero-order valence-electron chi connectivity index (χ0n) is 17.1. The number of methoxy groups -OCH3 is 1. The minimum absolute atomic E-state index is 0.0550. The molecule has 0 saturated carbocycles. The van der Waals surface area contributed by atoms with Crippen LogP contribution in [0, 0.1) is 0 Å². The maximum Gasteiger partial charge on any atom is 0.241 e. The minimum atomic E-state index is -3.97. The van der Waals surface area contributed by atoms with Gasteiger partial charge in [0.1, 0.15) is 5.75 Å². The lowest BCUT2D eigenvalue weighted by Gasteiger charge is -2.22.